The van der Waals surface area contributed by atoms with Crippen LogP contribution in [0.3, 0.4) is 0 Å². The molecule has 16 rings (SSSR count). The quantitative estimate of drug-likeness (QED) is 0.177. The second-order valence-electron chi connectivity index (χ2n) is 18.5. The van der Waals surface area contributed by atoms with Crippen molar-refractivity contribution in [2.45, 2.75) is 24.7 Å². The highest BCUT2D eigenvalue weighted by atomic mass is 16.3. The molecule has 12 aromatic rings. The van der Waals surface area contributed by atoms with Gasteiger partial charge < -0.3 is 18.1 Å². The molecule has 0 radical (unpaired) electrons. The van der Waals surface area contributed by atoms with Crippen molar-refractivity contribution < 1.29 is 4.42 Å². The Labute approximate surface area is 389 Å². The lowest BCUT2D eigenvalue weighted by molar-refractivity contribution is 0.604. The second kappa shape index (κ2) is 13.1. The first-order valence-corrected chi connectivity index (χ1v) is 23.4. The minimum absolute atomic E-state index is 0.417. The van der Waals surface area contributed by atoms with Crippen LogP contribution in [0.4, 0.5) is 0 Å². The van der Waals surface area contributed by atoms with Crippen LogP contribution in [0.15, 0.2) is 168 Å². The van der Waals surface area contributed by atoms with Crippen LogP contribution in [-0.2, 0) is 18.3 Å². The maximum absolute atomic E-state index is 7.48. The third-order valence-electron chi connectivity index (χ3n) is 15.0. The van der Waals surface area contributed by atoms with Gasteiger partial charge in [-0.3, -0.25) is 0 Å². The molecule has 3 aliphatic carbocycles. The molecule has 1 spiro atoms. The Morgan fingerprint density at radius 3 is 1.93 bits per heavy atom. The van der Waals surface area contributed by atoms with Crippen molar-refractivity contribution in [3.05, 3.63) is 210 Å². The normalized spacial score (nSPS) is 16.1. The maximum Gasteiger partial charge on any atom is 0.167 e. The lowest BCUT2D eigenvalue weighted by atomic mass is 9.76. The van der Waals surface area contributed by atoms with E-state index in [4.69, 9.17) is 19.4 Å². The smallest absolute Gasteiger partial charge is 0.167 e. The van der Waals surface area contributed by atoms with Crippen molar-refractivity contribution in [1.29, 1.82) is 0 Å². The zero-order valence-corrected chi connectivity index (χ0v) is 36.5. The van der Waals surface area contributed by atoms with Crippen molar-refractivity contribution in [3.8, 4) is 51.2 Å². The van der Waals surface area contributed by atoms with Crippen molar-refractivity contribution in [1.82, 2.24) is 28.7 Å². The third kappa shape index (κ3) is 4.61. The van der Waals surface area contributed by atoms with Gasteiger partial charge in [0.05, 0.1) is 33.4 Å². The number of rotatable bonds is 4. The van der Waals surface area contributed by atoms with E-state index in [0.717, 1.165) is 96.9 Å². The lowest BCUT2D eigenvalue weighted by Crippen LogP contribution is -2.31. The first-order valence-electron chi connectivity index (χ1n) is 23.4. The fourth-order valence-corrected chi connectivity index (χ4v) is 12.2. The van der Waals surface area contributed by atoms with E-state index in [1.165, 1.54) is 44.5 Å². The lowest BCUT2D eigenvalue weighted by Gasteiger charge is -2.35. The summed E-state index contributed by atoms with van der Waals surface area (Å²) >= 11 is 0. The topological polar surface area (TPSA) is 66.6 Å². The Balaban J connectivity index is 1.22. The number of nitrogens with zero attached hydrogens (tertiary/aromatic N) is 6. The highest BCUT2D eigenvalue weighted by Gasteiger charge is 2.46. The molecule has 4 aliphatic rings. The van der Waals surface area contributed by atoms with E-state index in [2.05, 4.69) is 165 Å². The summed E-state index contributed by atoms with van der Waals surface area (Å²) in [5.74, 6) is 1.75. The Hall–Kier alpha value is -8.99. The van der Waals surface area contributed by atoms with Crippen LogP contribution in [0.5, 0.6) is 0 Å². The summed E-state index contributed by atoms with van der Waals surface area (Å²) in [4.78, 5) is 16.5. The molecule has 1 unspecified atom stereocenters. The average Bonchev–Trinajstić information content (AvgIpc) is 4.20. The Kier molecular flexibility index (Phi) is 6.98. The van der Waals surface area contributed by atoms with Crippen LogP contribution < -0.4 is 0 Å². The van der Waals surface area contributed by atoms with Gasteiger partial charge in [0.1, 0.15) is 16.8 Å². The van der Waals surface area contributed by atoms with Gasteiger partial charge in [-0.15, -0.1) is 0 Å². The van der Waals surface area contributed by atoms with E-state index < -0.39 is 5.41 Å². The van der Waals surface area contributed by atoms with Gasteiger partial charge in [0.15, 0.2) is 23.1 Å². The molecule has 5 aromatic heterocycles. The molecule has 68 heavy (non-hydrogen) atoms. The highest BCUT2D eigenvalue weighted by Crippen LogP contribution is 2.57. The van der Waals surface area contributed by atoms with Gasteiger partial charge in [0, 0.05) is 78.3 Å². The molecule has 2 bridgehead atoms. The van der Waals surface area contributed by atoms with Gasteiger partial charge in [0.2, 0.25) is 0 Å². The molecule has 0 saturated heterocycles. The van der Waals surface area contributed by atoms with E-state index in [-0.39, 0.29) is 0 Å². The molecule has 0 fully saturated rings. The molecule has 0 amide bonds. The van der Waals surface area contributed by atoms with Crippen molar-refractivity contribution in [2.75, 3.05) is 0 Å². The zero-order chi connectivity index (χ0) is 44.2. The molecule has 7 aromatic carbocycles. The van der Waals surface area contributed by atoms with E-state index in [1.807, 2.05) is 42.5 Å². The molecular weight excluding hydrogens is 833 g/mol. The van der Waals surface area contributed by atoms with Crippen LogP contribution in [0, 0.1) is 12.1 Å². The van der Waals surface area contributed by atoms with Crippen molar-refractivity contribution in [3.63, 3.8) is 0 Å². The van der Waals surface area contributed by atoms with E-state index in [9.17, 15) is 0 Å². The predicted molar refractivity (Wildman–Crippen MR) is 272 cm³/mol. The summed E-state index contributed by atoms with van der Waals surface area (Å²) in [6.45, 7) is 0. The molecule has 1 aliphatic heterocycles. The van der Waals surface area contributed by atoms with Crippen LogP contribution >= 0.6 is 0 Å². The summed E-state index contributed by atoms with van der Waals surface area (Å²) in [6, 6.07) is 58.1. The predicted octanol–water partition coefficient (Wildman–Crippen LogP) is 14.0. The first kappa shape index (κ1) is 36.3. The molecule has 7 heteroatoms. The van der Waals surface area contributed by atoms with Gasteiger partial charge >= 0.3 is 0 Å². The summed E-state index contributed by atoms with van der Waals surface area (Å²) in [5.41, 5.74) is 17.3. The fraction of sp³-hybridized carbons (Fsp3) is 0.0656. The van der Waals surface area contributed by atoms with Gasteiger partial charge in [-0.05, 0) is 49.2 Å². The van der Waals surface area contributed by atoms with E-state index in [1.54, 1.807) is 0 Å². The largest absolute Gasteiger partial charge is 0.454 e. The van der Waals surface area contributed by atoms with Crippen LogP contribution in [-0.4, -0.2) is 28.7 Å². The summed E-state index contributed by atoms with van der Waals surface area (Å²) in [6.07, 6.45) is 16.7. The minimum atomic E-state index is -0.417. The average molecular weight is 869 g/mol. The number of allylic oxidation sites excluding steroid dienone is 3. The monoisotopic (exact) mass is 868 g/mol. The minimum Gasteiger partial charge on any atom is -0.454 e. The molecule has 7 nitrogen and oxygen atoms in total. The number of furan rings is 1. The standard InChI is InChI=1S/C61H36N6O/c1-3-17-36(18-4-1)58-62-59(37-19-5-2-6-20-37)64-60(63-58)52-51-44-25-11-16-30-50(44)68-56(51)55-54(53(52)65-45-26-12-7-21-38(45)39-22-8-13-27-46(39)65)66-47-28-14-9-23-40(47)42-31-33-61(35-49(42)66)34-32-43-41-24-10-15-29-48(41)67(55)57(43)61/h1-12,15-26,29-34H,13,27,35H2. The van der Waals surface area contributed by atoms with Gasteiger partial charge in [-0.2, -0.15) is 0 Å². The van der Waals surface area contributed by atoms with E-state index >= 15 is 0 Å². The van der Waals surface area contributed by atoms with Crippen LogP contribution in [0.2, 0.25) is 0 Å². The number of benzene rings is 6. The second-order valence-corrected chi connectivity index (χ2v) is 18.5. The summed E-state index contributed by atoms with van der Waals surface area (Å²) in [7, 11) is 0. The Morgan fingerprint density at radius 2 is 1.16 bits per heavy atom. The third-order valence-corrected chi connectivity index (χ3v) is 15.0. The molecule has 0 saturated carbocycles. The molecule has 0 N–H and O–H groups in total. The number of hydrogen-bond acceptors (Lipinski definition) is 4. The summed E-state index contributed by atoms with van der Waals surface area (Å²) < 4.78 is 15.1. The zero-order valence-electron chi connectivity index (χ0n) is 36.5. The number of hydrogen-bond donors (Lipinski definition) is 0. The van der Waals surface area contributed by atoms with Crippen molar-refractivity contribution in [2.24, 2.45) is 0 Å². The number of fused-ring (bicyclic) bond motifs is 16. The maximum atomic E-state index is 7.48. The van der Waals surface area contributed by atoms with Gasteiger partial charge in [-0.25, -0.2) is 15.0 Å². The first-order chi connectivity index (χ1) is 33.7. The molecular formula is C61H36N6O. The van der Waals surface area contributed by atoms with Crippen molar-refractivity contribution >= 4 is 72.9 Å². The van der Waals surface area contributed by atoms with Crippen LogP contribution in [0.1, 0.15) is 40.2 Å². The Morgan fingerprint density at radius 1 is 0.529 bits per heavy atom. The van der Waals surface area contributed by atoms with Crippen LogP contribution in [0.25, 0.3) is 124 Å². The molecule has 6 heterocycles. The van der Waals surface area contributed by atoms with Gasteiger partial charge in [0.25, 0.3) is 0 Å². The molecule has 316 valence electrons. The van der Waals surface area contributed by atoms with E-state index in [0.29, 0.717) is 17.5 Å². The SMILES string of the molecule is c1ccc2c3c4n(c2c#1)-c1c(-n2c5c(c6ccccc62)C=CCC5)c(-c2nc(-c5ccccc5)nc(-c5ccccc5)n2)c2c(oc5ccccc52)c1-n1c2c(c5ccccc51)C=CC2(C=C3)C4. The molecule has 1 atom stereocenters. The highest BCUT2D eigenvalue weighted by molar-refractivity contribution is 6.20. The van der Waals surface area contributed by atoms with Gasteiger partial charge in [-0.1, -0.05) is 158 Å². The number of para-hydroxylation sites is 3. The number of aromatic nitrogens is 6. The fourth-order valence-electron chi connectivity index (χ4n) is 12.2. The summed E-state index contributed by atoms with van der Waals surface area (Å²) in [5, 5.41) is 5.47. The Bertz CT molecular complexity index is 4230.